The largest absolute Gasteiger partial charge is 0.304 e. The summed E-state index contributed by atoms with van der Waals surface area (Å²) in [6, 6.07) is 6.95. The van der Waals surface area contributed by atoms with Crippen LogP contribution in [0.4, 0.5) is 0 Å². The maximum atomic E-state index is 9.85. The molecular formula is C31H64N2O. The van der Waals surface area contributed by atoms with Gasteiger partial charge < -0.3 is 9.69 Å². The van der Waals surface area contributed by atoms with Crippen LogP contribution in [0.5, 0.6) is 0 Å². The highest BCUT2D eigenvalue weighted by Gasteiger charge is 2.13. The van der Waals surface area contributed by atoms with Gasteiger partial charge in [-0.1, -0.05) is 108 Å². The second kappa shape index (κ2) is 28.1. The molecule has 3 heteroatoms. The van der Waals surface area contributed by atoms with Gasteiger partial charge in [0.1, 0.15) is 6.29 Å². The molecule has 3 nitrogen and oxygen atoms in total. The van der Waals surface area contributed by atoms with Gasteiger partial charge in [-0.25, -0.2) is 0 Å². The summed E-state index contributed by atoms with van der Waals surface area (Å²) in [6.45, 7) is 33.0. The van der Waals surface area contributed by atoms with E-state index in [1.807, 2.05) is 41.5 Å². The summed E-state index contributed by atoms with van der Waals surface area (Å²) in [6.07, 6.45) is 5.06. The molecule has 1 aromatic rings. The normalized spacial score (nSPS) is 13.0. The van der Waals surface area contributed by atoms with Gasteiger partial charge in [0, 0.05) is 39.1 Å². The molecule has 1 aliphatic rings. The molecule has 0 N–H and O–H groups in total. The molecule has 0 aliphatic carbocycles. The molecule has 0 bridgehead atoms. The number of hydrogen-bond donors (Lipinski definition) is 0. The lowest BCUT2D eigenvalue weighted by Gasteiger charge is -2.32. The number of aryl methyl sites for hydroxylation is 2. The Morgan fingerprint density at radius 3 is 1.68 bits per heavy atom. The van der Waals surface area contributed by atoms with E-state index in [0.29, 0.717) is 11.8 Å². The highest BCUT2D eigenvalue weighted by molar-refractivity contribution is 5.49. The van der Waals surface area contributed by atoms with Crippen LogP contribution in [0.2, 0.25) is 0 Å². The zero-order valence-corrected chi connectivity index (χ0v) is 26.0. The smallest absolute Gasteiger partial charge is 0.120 e. The van der Waals surface area contributed by atoms with Gasteiger partial charge in [0.15, 0.2) is 0 Å². The number of benzene rings is 1. The highest BCUT2D eigenvalue weighted by atomic mass is 16.1. The Morgan fingerprint density at radius 2 is 1.35 bits per heavy atom. The van der Waals surface area contributed by atoms with Gasteiger partial charge >= 0.3 is 0 Å². The molecule has 0 spiro atoms. The Kier molecular flexibility index (Phi) is 33.0. The van der Waals surface area contributed by atoms with Gasteiger partial charge in [-0.15, -0.1) is 0 Å². The number of carbonyl (C=O) groups excluding carboxylic acids is 1. The zero-order valence-electron chi connectivity index (χ0n) is 26.0. The molecule has 1 fully saturated rings. The van der Waals surface area contributed by atoms with Gasteiger partial charge in [0.2, 0.25) is 0 Å². The molecule has 1 heterocycles. The molecule has 0 saturated carbocycles. The van der Waals surface area contributed by atoms with Crippen LogP contribution >= 0.6 is 0 Å². The molecule has 1 aromatic carbocycles. The Hall–Kier alpha value is -1.19. The number of nitrogens with zero attached hydrogens (tertiary/aromatic N) is 2. The van der Waals surface area contributed by atoms with Gasteiger partial charge in [0.05, 0.1) is 0 Å². The van der Waals surface area contributed by atoms with Crippen LogP contribution in [-0.2, 0) is 17.8 Å². The lowest BCUT2D eigenvalue weighted by atomic mass is 9.91. The predicted molar refractivity (Wildman–Crippen MR) is 158 cm³/mol. The van der Waals surface area contributed by atoms with E-state index in [1.165, 1.54) is 49.3 Å². The minimum Gasteiger partial charge on any atom is -0.304 e. The van der Waals surface area contributed by atoms with Crippen molar-refractivity contribution in [3.8, 4) is 0 Å². The number of aldehydes is 1. The molecule has 204 valence electrons. The number of piperazine rings is 1. The van der Waals surface area contributed by atoms with Crippen molar-refractivity contribution in [2.45, 2.75) is 122 Å². The first-order valence-electron chi connectivity index (χ1n) is 14.1. The summed E-state index contributed by atoms with van der Waals surface area (Å²) in [5.74, 6) is 0. The second-order valence-corrected chi connectivity index (χ2v) is 9.17. The van der Waals surface area contributed by atoms with Crippen LogP contribution in [0.15, 0.2) is 18.2 Å². The molecule has 1 saturated heterocycles. The topological polar surface area (TPSA) is 23.6 Å². The maximum Gasteiger partial charge on any atom is 0.120 e. The summed E-state index contributed by atoms with van der Waals surface area (Å²) in [7, 11) is 2.21. The van der Waals surface area contributed by atoms with Gasteiger partial charge in [-0.05, 0) is 48.9 Å². The molecule has 34 heavy (non-hydrogen) atoms. The van der Waals surface area contributed by atoms with Crippen molar-refractivity contribution >= 4 is 6.29 Å². The second-order valence-electron chi connectivity index (χ2n) is 9.17. The average molecular weight is 481 g/mol. The first kappa shape index (κ1) is 40.0. The lowest BCUT2D eigenvalue weighted by Crippen LogP contribution is -2.43. The van der Waals surface area contributed by atoms with Gasteiger partial charge in [-0.2, -0.15) is 0 Å². The molecular weight excluding hydrogens is 416 g/mol. The summed E-state index contributed by atoms with van der Waals surface area (Å²) in [5.41, 5.74) is 4.71. The Labute approximate surface area is 216 Å². The van der Waals surface area contributed by atoms with E-state index < -0.39 is 0 Å². The first-order valence-corrected chi connectivity index (χ1v) is 14.1. The van der Waals surface area contributed by atoms with Crippen LogP contribution in [0.25, 0.3) is 0 Å². The highest BCUT2D eigenvalue weighted by Crippen LogP contribution is 2.19. The molecule has 0 unspecified atom stereocenters. The Bertz CT molecular complexity index is 527. The van der Waals surface area contributed by atoms with E-state index in [2.05, 4.69) is 83.5 Å². The van der Waals surface area contributed by atoms with Crippen molar-refractivity contribution in [3.63, 3.8) is 0 Å². The van der Waals surface area contributed by atoms with Crippen LogP contribution in [0.1, 0.15) is 119 Å². The minimum absolute atomic E-state index is 0.320. The lowest BCUT2D eigenvalue weighted by molar-refractivity contribution is -0.108. The fourth-order valence-electron chi connectivity index (χ4n) is 3.01. The van der Waals surface area contributed by atoms with Crippen LogP contribution in [0.3, 0.4) is 0 Å². The van der Waals surface area contributed by atoms with E-state index in [0.717, 1.165) is 25.7 Å². The molecule has 0 atom stereocenters. The minimum atomic E-state index is 0.320. The summed E-state index contributed by atoms with van der Waals surface area (Å²) < 4.78 is 0. The van der Waals surface area contributed by atoms with Crippen LogP contribution in [0, 0.1) is 12.3 Å². The summed E-state index contributed by atoms with van der Waals surface area (Å²) >= 11 is 0. The Balaban J connectivity index is -0.000000223. The van der Waals surface area contributed by atoms with Crippen LogP contribution < -0.4 is 0 Å². The van der Waals surface area contributed by atoms with Crippen molar-refractivity contribution in [3.05, 3.63) is 34.9 Å². The van der Waals surface area contributed by atoms with Crippen molar-refractivity contribution in [2.24, 2.45) is 5.41 Å². The van der Waals surface area contributed by atoms with Crippen molar-refractivity contribution in [1.29, 1.82) is 0 Å². The van der Waals surface area contributed by atoms with E-state index in [1.54, 1.807) is 0 Å². The average Bonchev–Trinajstić information content (AvgIpc) is 2.84. The van der Waals surface area contributed by atoms with Gasteiger partial charge in [-0.3, -0.25) is 4.90 Å². The van der Waals surface area contributed by atoms with Crippen molar-refractivity contribution in [1.82, 2.24) is 9.80 Å². The third-order valence-electron chi connectivity index (χ3n) is 4.80. The van der Waals surface area contributed by atoms with Crippen molar-refractivity contribution in [2.75, 3.05) is 33.2 Å². The maximum absolute atomic E-state index is 9.85. The fraction of sp³-hybridized carbons (Fsp3) is 0.774. The van der Waals surface area contributed by atoms with E-state index in [9.17, 15) is 4.79 Å². The third kappa shape index (κ3) is 25.4. The monoisotopic (exact) mass is 481 g/mol. The number of rotatable bonds is 5. The number of carbonyl (C=O) groups is 1. The van der Waals surface area contributed by atoms with Crippen molar-refractivity contribution < 1.29 is 4.79 Å². The Morgan fingerprint density at radius 1 is 0.882 bits per heavy atom. The summed E-state index contributed by atoms with van der Waals surface area (Å²) in [4.78, 5) is 14.8. The summed E-state index contributed by atoms with van der Waals surface area (Å²) in [5, 5.41) is 0. The van der Waals surface area contributed by atoms with Crippen LogP contribution in [-0.4, -0.2) is 49.3 Å². The fourth-order valence-corrected chi connectivity index (χ4v) is 3.01. The molecule has 0 aromatic heterocycles. The zero-order chi connectivity index (χ0) is 27.6. The molecule has 1 aliphatic heterocycles. The number of hydrogen-bond acceptors (Lipinski definition) is 3. The third-order valence-corrected chi connectivity index (χ3v) is 4.80. The first-order chi connectivity index (χ1) is 16.2. The van der Waals surface area contributed by atoms with E-state index in [4.69, 9.17) is 0 Å². The SMILES string of the molecule is CC.CC.CC.CC(C)(C)CCC=O.CCC.CCc1ccc(CN2CCN(C)CC2)cc1C. The van der Waals surface area contributed by atoms with Gasteiger partial charge in [0.25, 0.3) is 0 Å². The van der Waals surface area contributed by atoms with E-state index in [-0.39, 0.29) is 0 Å². The molecule has 2 rings (SSSR count). The predicted octanol–water partition coefficient (Wildman–Crippen LogP) is 8.81. The standard InChI is InChI=1S/C15H24N2.C7H14O.C3H8.3C2H6/c1-4-15-6-5-14(11-13(15)2)12-17-9-7-16(3)8-10-17;1-7(2,3)5-4-6-8;1-3-2;3*1-2/h5-6,11H,4,7-10,12H2,1-3H3;6H,4-5H2,1-3H3;3H2,1-2H3;3*1-2H3. The van der Waals surface area contributed by atoms with E-state index >= 15 is 0 Å². The molecule has 0 amide bonds. The number of likely N-dealkylation sites (N-methyl/N-ethyl adjacent to an activating group) is 1. The molecule has 0 radical (unpaired) electrons. The quantitative estimate of drug-likeness (QED) is 0.393.